The number of carbonyl (C=O) groups is 1. The number of nitrogens with zero attached hydrogens (tertiary/aromatic N) is 2. The smallest absolute Gasteiger partial charge is 0.338 e. The van der Waals surface area contributed by atoms with E-state index >= 15 is 22.4 Å². The van der Waals surface area contributed by atoms with E-state index in [0.29, 0.717) is 77.7 Å². The molecule has 2 aromatic heterocycles. The average molecular weight is 873 g/mol. The van der Waals surface area contributed by atoms with E-state index < -0.39 is 42.7 Å². The summed E-state index contributed by atoms with van der Waals surface area (Å²) in [6.45, 7) is 10.7. The maximum absolute atomic E-state index is 16.4. The van der Waals surface area contributed by atoms with Gasteiger partial charge in [0.2, 0.25) is 0 Å². The van der Waals surface area contributed by atoms with Crippen LogP contribution in [0.4, 0.5) is 45.1 Å². The molecule has 0 unspecified atom stereocenters. The van der Waals surface area contributed by atoms with E-state index in [9.17, 15) is 0 Å². The third-order valence-corrected chi connectivity index (χ3v) is 14.3. The lowest BCUT2D eigenvalue weighted by Crippen LogP contribution is -2.65. The van der Waals surface area contributed by atoms with E-state index in [2.05, 4.69) is 53.7 Å². The zero-order valence-corrected chi connectivity index (χ0v) is 36.8. The lowest BCUT2D eigenvalue weighted by Gasteiger charge is -2.46. The number of urea groups is 1. The van der Waals surface area contributed by atoms with Crippen LogP contribution in [0.1, 0.15) is 52.7 Å². The lowest BCUT2D eigenvalue weighted by atomic mass is 9.33. The standard InChI is InChI=1S/C55H38B2F4N2O3/c1-54(2,3)28-15-17-30-32-19-23-36-49(51(32)65-42(30)25-28)62-47-34(56(36)45-38(58)9-7-10-39(45)59)21-13-27-14-22-35-48(44(27)47)63(53(62)64)50-37(57(35)46-40(60)11-8-12-41(46)61)24-20-33-31-18-16-29(55(4,5)6)26-43(31)66-52(33)50/h7-26H,1-6H3. The zero-order chi connectivity index (χ0) is 45.5. The summed E-state index contributed by atoms with van der Waals surface area (Å²) in [6.07, 6.45) is 0. The molecule has 0 radical (unpaired) electrons. The van der Waals surface area contributed by atoms with E-state index in [1.807, 2.05) is 72.8 Å². The van der Waals surface area contributed by atoms with Gasteiger partial charge in [0.15, 0.2) is 11.2 Å². The highest BCUT2D eigenvalue weighted by Gasteiger charge is 2.51. The number of fused-ring (bicyclic) bond motifs is 12. The van der Waals surface area contributed by atoms with E-state index in [1.165, 1.54) is 36.4 Å². The monoisotopic (exact) mass is 872 g/mol. The second-order valence-corrected chi connectivity index (χ2v) is 20.1. The molecule has 0 atom stereocenters. The number of carbonyl (C=O) groups excluding carboxylic acids is 1. The van der Waals surface area contributed by atoms with E-state index in [-0.39, 0.29) is 21.8 Å². The van der Waals surface area contributed by atoms with Gasteiger partial charge in [-0.2, -0.15) is 0 Å². The summed E-state index contributed by atoms with van der Waals surface area (Å²) >= 11 is 0. The van der Waals surface area contributed by atoms with Crippen LogP contribution in [-0.2, 0) is 10.8 Å². The number of hydrogen-bond acceptors (Lipinski definition) is 3. The van der Waals surface area contributed by atoms with E-state index in [1.54, 1.807) is 9.80 Å². The van der Waals surface area contributed by atoms with Gasteiger partial charge < -0.3 is 8.83 Å². The van der Waals surface area contributed by atoms with Gasteiger partial charge >= 0.3 is 6.03 Å². The Morgan fingerprint density at radius 3 is 1.21 bits per heavy atom. The molecule has 2 amide bonds. The third kappa shape index (κ3) is 5.06. The number of anilines is 4. The molecule has 66 heavy (non-hydrogen) atoms. The zero-order valence-electron chi connectivity index (χ0n) is 36.8. The van der Waals surface area contributed by atoms with Crippen molar-refractivity contribution >= 4 is 130 Å². The van der Waals surface area contributed by atoms with Crippen LogP contribution >= 0.6 is 0 Å². The van der Waals surface area contributed by atoms with Gasteiger partial charge in [0.05, 0.1) is 22.7 Å². The minimum Gasteiger partial charge on any atom is -0.454 e. The second kappa shape index (κ2) is 13.0. The van der Waals surface area contributed by atoms with Gasteiger partial charge in [0.1, 0.15) is 34.4 Å². The molecule has 5 nitrogen and oxygen atoms in total. The Bertz CT molecular complexity index is 3580. The number of hydrogen-bond donors (Lipinski definition) is 0. The molecule has 13 rings (SSSR count). The molecular formula is C55H38B2F4N2O3. The highest BCUT2D eigenvalue weighted by atomic mass is 19.1. The predicted molar refractivity (Wildman–Crippen MR) is 260 cm³/mol. The second-order valence-electron chi connectivity index (χ2n) is 20.1. The van der Waals surface area contributed by atoms with Crippen LogP contribution < -0.4 is 42.6 Å². The van der Waals surface area contributed by atoms with Gasteiger partial charge in [-0.15, -0.1) is 0 Å². The third-order valence-electron chi connectivity index (χ3n) is 14.3. The van der Waals surface area contributed by atoms with Gasteiger partial charge in [0, 0.05) is 37.9 Å². The minimum atomic E-state index is -1.02. The lowest BCUT2D eigenvalue weighted by molar-refractivity contribution is 0.255. The fourth-order valence-corrected chi connectivity index (χ4v) is 11.1. The summed E-state index contributed by atoms with van der Waals surface area (Å²) in [4.78, 5) is 19.7. The highest BCUT2D eigenvalue weighted by Crippen LogP contribution is 2.51. The van der Waals surface area contributed by atoms with Crippen LogP contribution in [0.2, 0.25) is 0 Å². The molecule has 0 saturated carbocycles. The molecule has 11 heteroatoms. The number of furan rings is 2. The number of benzene rings is 8. The fraction of sp³-hybridized carbons (Fsp3) is 0.145. The normalized spacial score (nSPS) is 14.4. The van der Waals surface area contributed by atoms with Gasteiger partial charge in [-0.3, -0.25) is 9.80 Å². The summed E-state index contributed by atoms with van der Waals surface area (Å²) < 4.78 is 79.4. The van der Waals surface area contributed by atoms with Crippen molar-refractivity contribution in [3.05, 3.63) is 156 Å². The van der Waals surface area contributed by atoms with Gasteiger partial charge in [-0.25, -0.2) is 22.4 Å². The van der Waals surface area contributed by atoms with Crippen molar-refractivity contribution in [2.75, 3.05) is 9.80 Å². The first-order valence-electron chi connectivity index (χ1n) is 22.2. The van der Waals surface area contributed by atoms with Crippen LogP contribution in [0.15, 0.2) is 130 Å². The molecule has 5 heterocycles. The topological polar surface area (TPSA) is 49.8 Å². The Balaban J connectivity index is 1.20. The largest absolute Gasteiger partial charge is 0.454 e. The van der Waals surface area contributed by atoms with Crippen molar-refractivity contribution in [3.8, 4) is 0 Å². The van der Waals surface area contributed by atoms with Crippen molar-refractivity contribution in [1.29, 1.82) is 0 Å². The molecule has 0 spiro atoms. The molecule has 0 bridgehead atoms. The molecule has 10 aromatic rings. The molecular weight excluding hydrogens is 834 g/mol. The molecule has 8 aromatic carbocycles. The fourth-order valence-electron chi connectivity index (χ4n) is 11.1. The van der Waals surface area contributed by atoms with Gasteiger partial charge in [-0.05, 0) is 85.6 Å². The molecule has 320 valence electrons. The van der Waals surface area contributed by atoms with E-state index in [4.69, 9.17) is 8.83 Å². The Kier molecular flexibility index (Phi) is 7.69. The van der Waals surface area contributed by atoms with Crippen molar-refractivity contribution in [3.63, 3.8) is 0 Å². The average Bonchev–Trinajstić information content (AvgIpc) is 3.85. The summed E-state index contributed by atoms with van der Waals surface area (Å²) in [7, 11) is 0. The van der Waals surface area contributed by atoms with Crippen molar-refractivity contribution in [1.82, 2.24) is 0 Å². The maximum atomic E-state index is 16.4. The highest BCUT2D eigenvalue weighted by molar-refractivity contribution is 7.00. The summed E-state index contributed by atoms with van der Waals surface area (Å²) in [5.41, 5.74) is 6.78. The Morgan fingerprint density at radius 1 is 0.455 bits per heavy atom. The molecule has 0 aliphatic carbocycles. The van der Waals surface area contributed by atoms with E-state index in [0.717, 1.165) is 32.7 Å². The summed E-state index contributed by atoms with van der Waals surface area (Å²) in [6, 6.07) is 34.2. The van der Waals surface area contributed by atoms with Gasteiger partial charge in [0.25, 0.3) is 13.4 Å². The summed E-state index contributed by atoms with van der Waals surface area (Å²) in [5, 5.41) is 4.38. The number of rotatable bonds is 2. The Labute approximate surface area is 377 Å². The van der Waals surface area contributed by atoms with Crippen LogP contribution in [0, 0.1) is 23.3 Å². The van der Waals surface area contributed by atoms with Crippen LogP contribution in [0.25, 0.3) is 54.6 Å². The van der Waals surface area contributed by atoms with Crippen LogP contribution in [0.5, 0.6) is 0 Å². The number of amides is 2. The van der Waals surface area contributed by atoms with Crippen LogP contribution in [-0.4, -0.2) is 19.5 Å². The van der Waals surface area contributed by atoms with Gasteiger partial charge in [-0.1, -0.05) is 126 Å². The van der Waals surface area contributed by atoms with Crippen molar-refractivity contribution in [2.24, 2.45) is 0 Å². The molecule has 3 aliphatic heterocycles. The number of halogens is 4. The first-order chi connectivity index (χ1) is 31.6. The Hall–Kier alpha value is -7.26. The maximum Gasteiger partial charge on any atom is 0.338 e. The first kappa shape index (κ1) is 39.1. The van der Waals surface area contributed by atoms with Crippen LogP contribution in [0.3, 0.4) is 0 Å². The first-order valence-corrected chi connectivity index (χ1v) is 22.2. The minimum absolute atomic E-state index is 0.172. The quantitative estimate of drug-likeness (QED) is 0.128. The molecule has 3 aliphatic rings. The molecule has 0 saturated heterocycles. The molecule has 0 N–H and O–H groups in total. The SMILES string of the molecule is CC(C)(C)c1ccc2c(c1)oc1c3c(ccc12)B(c1c(F)cccc1F)c1ccc2ccc4c5c2c1N3C(=O)N5c1c(ccc2c1oc1cc(C(C)(C)C)ccc12)B4c1c(F)cccc1F. The predicted octanol–water partition coefficient (Wildman–Crippen LogP) is 10.9. The summed E-state index contributed by atoms with van der Waals surface area (Å²) in [5.74, 6) is -2.96. The molecule has 0 fully saturated rings. The van der Waals surface area contributed by atoms with Crippen molar-refractivity contribution < 1.29 is 31.2 Å². The van der Waals surface area contributed by atoms with Crippen molar-refractivity contribution in [2.45, 2.75) is 52.4 Å². The Morgan fingerprint density at radius 2 is 0.818 bits per heavy atom.